The second-order valence-corrected chi connectivity index (χ2v) is 8.94. The standard InChI is InChI=1S/C19H43N7/c1-4-17(2,3)18-11-21-5-8-24-14-19(20,15-25-9-6-22-12-18)16-26-10-7-23-13-18/h21-26H,4-16,20H2,1-3H3. The summed E-state index contributed by atoms with van der Waals surface area (Å²) in [6.45, 7) is 18.4. The van der Waals surface area contributed by atoms with Crippen LogP contribution in [-0.4, -0.2) is 84.1 Å². The number of hydrogen-bond donors (Lipinski definition) is 7. The molecule has 0 aromatic rings. The SMILES string of the molecule is CCC(C)(C)C12CNCCNCC(N)(CNCCNC1)CNCCNC2. The maximum absolute atomic E-state index is 6.65. The monoisotopic (exact) mass is 369 g/mol. The molecule has 3 heterocycles. The number of fused-ring (bicyclic) bond motifs is 15. The van der Waals surface area contributed by atoms with E-state index in [1.807, 2.05) is 0 Å². The Morgan fingerprint density at radius 2 is 0.962 bits per heavy atom. The van der Waals surface area contributed by atoms with Crippen LogP contribution in [0, 0.1) is 10.8 Å². The molecule has 26 heavy (non-hydrogen) atoms. The molecule has 0 aromatic heterocycles. The van der Waals surface area contributed by atoms with Gasteiger partial charge in [0.15, 0.2) is 0 Å². The Morgan fingerprint density at radius 1 is 0.654 bits per heavy atom. The summed E-state index contributed by atoms with van der Waals surface area (Å²) in [6.07, 6.45) is 1.17. The van der Waals surface area contributed by atoms with Gasteiger partial charge in [0.2, 0.25) is 0 Å². The third-order valence-electron chi connectivity index (χ3n) is 6.58. The molecule has 7 nitrogen and oxygen atoms in total. The summed E-state index contributed by atoms with van der Waals surface area (Å²) in [5, 5.41) is 21.9. The lowest BCUT2D eigenvalue weighted by atomic mass is 9.63. The van der Waals surface area contributed by atoms with Crippen LogP contribution in [0.3, 0.4) is 0 Å². The van der Waals surface area contributed by atoms with Gasteiger partial charge in [-0.3, -0.25) is 0 Å². The van der Waals surface area contributed by atoms with E-state index in [4.69, 9.17) is 5.73 Å². The van der Waals surface area contributed by atoms with Crippen molar-refractivity contribution in [2.45, 2.75) is 32.7 Å². The molecular weight excluding hydrogens is 326 g/mol. The van der Waals surface area contributed by atoms with E-state index in [1.165, 1.54) is 6.42 Å². The van der Waals surface area contributed by atoms with Crippen molar-refractivity contribution in [1.82, 2.24) is 31.9 Å². The molecule has 3 saturated heterocycles. The zero-order chi connectivity index (χ0) is 18.9. The Labute approximate surface area is 160 Å². The van der Waals surface area contributed by atoms with Crippen LogP contribution in [0.4, 0.5) is 0 Å². The number of hydrogen-bond acceptors (Lipinski definition) is 7. The highest BCUT2D eigenvalue weighted by atomic mass is 15.1. The lowest BCUT2D eigenvalue weighted by Gasteiger charge is -2.48. The molecule has 0 saturated carbocycles. The van der Waals surface area contributed by atoms with E-state index in [2.05, 4.69) is 52.7 Å². The van der Waals surface area contributed by atoms with Crippen LogP contribution in [0.15, 0.2) is 0 Å². The predicted octanol–water partition coefficient (Wildman–Crippen LogP) is -1.33. The average molecular weight is 370 g/mol. The molecule has 3 rings (SSSR count). The molecule has 0 unspecified atom stereocenters. The van der Waals surface area contributed by atoms with Crippen molar-refractivity contribution in [3.8, 4) is 0 Å². The molecule has 0 atom stereocenters. The van der Waals surface area contributed by atoms with Gasteiger partial charge < -0.3 is 37.6 Å². The van der Waals surface area contributed by atoms with Gasteiger partial charge in [-0.1, -0.05) is 27.2 Å². The summed E-state index contributed by atoms with van der Waals surface area (Å²) in [4.78, 5) is 0. The number of rotatable bonds is 2. The van der Waals surface area contributed by atoms with Gasteiger partial charge in [-0.25, -0.2) is 0 Å². The Kier molecular flexibility index (Phi) is 8.73. The Bertz CT molecular complexity index is 356. The minimum Gasteiger partial charge on any atom is -0.322 e. The van der Waals surface area contributed by atoms with Crippen molar-refractivity contribution >= 4 is 0 Å². The second kappa shape index (κ2) is 10.3. The maximum Gasteiger partial charge on any atom is 0.0533 e. The van der Waals surface area contributed by atoms with Gasteiger partial charge >= 0.3 is 0 Å². The summed E-state index contributed by atoms with van der Waals surface area (Å²) in [5.74, 6) is 0. The highest BCUT2D eigenvalue weighted by Gasteiger charge is 2.43. The van der Waals surface area contributed by atoms with Gasteiger partial charge in [0.05, 0.1) is 5.54 Å². The largest absolute Gasteiger partial charge is 0.322 e. The Balaban J connectivity index is 2.20. The molecule has 7 heteroatoms. The normalized spacial score (nSPS) is 34.2. The molecule has 8 N–H and O–H groups in total. The molecule has 3 aliphatic heterocycles. The first-order valence-corrected chi connectivity index (χ1v) is 10.5. The van der Waals surface area contributed by atoms with E-state index >= 15 is 0 Å². The lowest BCUT2D eigenvalue weighted by Crippen LogP contribution is -2.63. The zero-order valence-electron chi connectivity index (χ0n) is 17.3. The van der Waals surface area contributed by atoms with Gasteiger partial charge in [-0.15, -0.1) is 0 Å². The van der Waals surface area contributed by atoms with Gasteiger partial charge in [0.25, 0.3) is 0 Å². The van der Waals surface area contributed by atoms with E-state index in [1.54, 1.807) is 0 Å². The molecule has 0 amide bonds. The smallest absolute Gasteiger partial charge is 0.0533 e. The van der Waals surface area contributed by atoms with Crippen molar-refractivity contribution in [3.63, 3.8) is 0 Å². The van der Waals surface area contributed by atoms with Gasteiger partial charge in [0.1, 0.15) is 0 Å². The van der Waals surface area contributed by atoms with Crippen molar-refractivity contribution in [2.24, 2.45) is 16.6 Å². The first kappa shape index (κ1) is 22.0. The minimum absolute atomic E-state index is 0.174. The van der Waals surface area contributed by atoms with E-state index in [9.17, 15) is 0 Å². The molecule has 154 valence electrons. The number of nitrogens with one attached hydrogen (secondary N) is 6. The lowest BCUT2D eigenvalue weighted by molar-refractivity contribution is 0.0602. The van der Waals surface area contributed by atoms with Crippen LogP contribution >= 0.6 is 0 Å². The molecule has 0 radical (unpaired) electrons. The zero-order valence-corrected chi connectivity index (χ0v) is 17.3. The van der Waals surface area contributed by atoms with E-state index in [0.717, 1.165) is 78.5 Å². The van der Waals surface area contributed by atoms with E-state index in [0.29, 0.717) is 0 Å². The van der Waals surface area contributed by atoms with Crippen molar-refractivity contribution in [3.05, 3.63) is 0 Å². The summed E-state index contributed by atoms with van der Waals surface area (Å²) in [6, 6.07) is 0. The third kappa shape index (κ3) is 6.12. The summed E-state index contributed by atoms with van der Waals surface area (Å²) < 4.78 is 0. The molecule has 3 aliphatic rings. The molecule has 0 aliphatic carbocycles. The topological polar surface area (TPSA) is 98.2 Å². The fraction of sp³-hybridized carbons (Fsp3) is 1.00. The minimum atomic E-state index is -0.262. The Hall–Kier alpha value is -0.280. The highest BCUT2D eigenvalue weighted by molar-refractivity contribution is 4.98. The summed E-state index contributed by atoms with van der Waals surface area (Å²) in [5.41, 5.74) is 6.81. The Morgan fingerprint density at radius 3 is 1.27 bits per heavy atom. The molecule has 3 fully saturated rings. The van der Waals surface area contributed by atoms with Crippen molar-refractivity contribution < 1.29 is 0 Å². The van der Waals surface area contributed by atoms with Crippen LogP contribution in [-0.2, 0) is 0 Å². The van der Waals surface area contributed by atoms with Crippen molar-refractivity contribution in [1.29, 1.82) is 0 Å². The van der Waals surface area contributed by atoms with E-state index < -0.39 is 0 Å². The van der Waals surface area contributed by atoms with Gasteiger partial charge in [-0.2, -0.15) is 0 Å². The first-order valence-electron chi connectivity index (χ1n) is 10.5. The average Bonchev–Trinajstić information content (AvgIpc) is 2.62. The van der Waals surface area contributed by atoms with Crippen molar-refractivity contribution in [2.75, 3.05) is 78.5 Å². The van der Waals surface area contributed by atoms with Crippen LogP contribution in [0.25, 0.3) is 0 Å². The summed E-state index contributed by atoms with van der Waals surface area (Å²) >= 11 is 0. The van der Waals surface area contributed by atoms with Crippen LogP contribution in [0.1, 0.15) is 27.2 Å². The number of nitrogens with two attached hydrogens (primary N) is 1. The second-order valence-electron chi connectivity index (χ2n) is 8.94. The molecule has 2 bridgehead atoms. The fourth-order valence-electron chi connectivity index (χ4n) is 3.99. The molecule has 0 spiro atoms. The third-order valence-corrected chi connectivity index (χ3v) is 6.58. The van der Waals surface area contributed by atoms with Crippen LogP contribution in [0.2, 0.25) is 0 Å². The van der Waals surface area contributed by atoms with Crippen LogP contribution < -0.4 is 37.6 Å². The van der Waals surface area contributed by atoms with Gasteiger partial charge in [0, 0.05) is 84.0 Å². The first-order chi connectivity index (χ1) is 12.4. The van der Waals surface area contributed by atoms with Crippen LogP contribution in [0.5, 0.6) is 0 Å². The molecular formula is C19H43N7. The fourth-order valence-corrected chi connectivity index (χ4v) is 3.99. The predicted molar refractivity (Wildman–Crippen MR) is 111 cm³/mol. The maximum atomic E-state index is 6.65. The summed E-state index contributed by atoms with van der Waals surface area (Å²) in [7, 11) is 0. The quantitative estimate of drug-likeness (QED) is 0.324. The highest BCUT2D eigenvalue weighted by Crippen LogP contribution is 2.40. The van der Waals surface area contributed by atoms with E-state index in [-0.39, 0.29) is 16.4 Å². The van der Waals surface area contributed by atoms with Gasteiger partial charge in [-0.05, 0) is 5.41 Å². The molecule has 0 aromatic carbocycles.